The molecule has 0 aliphatic carbocycles. The van der Waals surface area contributed by atoms with Gasteiger partial charge < -0.3 is 0 Å². The second-order valence-corrected chi connectivity index (χ2v) is 15.9. The van der Waals surface area contributed by atoms with Gasteiger partial charge in [-0.25, -0.2) is 15.0 Å². The third-order valence-electron chi connectivity index (χ3n) is 9.76. The van der Waals surface area contributed by atoms with E-state index in [9.17, 15) is 0 Å². The molecular weight excluding hydrogens is 679 g/mol. The Morgan fingerprint density at radius 3 is 1.35 bits per heavy atom. The number of aromatic nitrogens is 3. The molecule has 0 fully saturated rings. The summed E-state index contributed by atoms with van der Waals surface area (Å²) < 4.78 is 7.69. The van der Waals surface area contributed by atoms with Gasteiger partial charge in [0.2, 0.25) is 0 Å². The normalized spacial score (nSPS) is 11.9. The second kappa shape index (κ2) is 11.4. The fourth-order valence-electron chi connectivity index (χ4n) is 7.32. The van der Waals surface area contributed by atoms with Crippen LogP contribution in [0.4, 0.5) is 0 Å². The van der Waals surface area contributed by atoms with E-state index in [0.29, 0.717) is 17.5 Å². The summed E-state index contributed by atoms with van der Waals surface area (Å²) in [5, 5.41) is 7.70. The molecule has 7 aromatic carbocycles. The van der Waals surface area contributed by atoms with Crippen LogP contribution >= 0.6 is 34.0 Å². The fraction of sp³-hybridized carbons (Fsp3) is 0. The largest absolute Gasteiger partial charge is 0.208 e. The van der Waals surface area contributed by atoms with Crippen LogP contribution in [0.1, 0.15) is 0 Å². The van der Waals surface area contributed by atoms with Gasteiger partial charge in [-0.15, -0.1) is 34.0 Å². The quantitative estimate of drug-likeness (QED) is 0.183. The van der Waals surface area contributed by atoms with Crippen molar-refractivity contribution in [3.8, 4) is 45.3 Å². The molecule has 0 aliphatic heterocycles. The molecule has 11 aromatic rings. The van der Waals surface area contributed by atoms with Crippen LogP contribution in [-0.2, 0) is 0 Å². The number of hydrogen-bond donors (Lipinski definition) is 0. The van der Waals surface area contributed by atoms with Crippen molar-refractivity contribution in [3.63, 3.8) is 0 Å². The predicted octanol–water partition coefficient (Wildman–Crippen LogP) is 13.6. The molecule has 4 heterocycles. The molecular formula is C45H25N3S3. The lowest BCUT2D eigenvalue weighted by atomic mass is 10.0. The van der Waals surface area contributed by atoms with Gasteiger partial charge in [-0.3, -0.25) is 0 Å². The van der Waals surface area contributed by atoms with Crippen molar-refractivity contribution in [2.24, 2.45) is 0 Å². The number of nitrogens with zero attached hydrogens (tertiary/aromatic N) is 3. The second-order valence-electron chi connectivity index (χ2n) is 12.8. The average molecular weight is 704 g/mol. The van der Waals surface area contributed by atoms with E-state index in [1.165, 1.54) is 71.6 Å². The standard InChI is InChI=1S/C45H25N3S3/c1-2-10-26(11-3-1)43-46-44(27-20-22-31-29-12-4-6-18-37(29)49-39(31)24-27)48-45(47-43)28-21-23-32-34-15-9-17-36(42(34)51-40(32)25-28)35-16-8-14-33-30-13-5-7-19-38(30)50-41(33)35/h1-25H. The van der Waals surface area contributed by atoms with Crippen LogP contribution in [0, 0.1) is 0 Å². The van der Waals surface area contributed by atoms with Gasteiger partial charge in [-0.05, 0) is 24.3 Å². The van der Waals surface area contributed by atoms with Gasteiger partial charge in [0, 0.05) is 88.3 Å². The lowest BCUT2D eigenvalue weighted by Gasteiger charge is -2.09. The molecule has 238 valence electrons. The smallest absolute Gasteiger partial charge is 0.164 e. The highest BCUT2D eigenvalue weighted by atomic mass is 32.1. The maximum absolute atomic E-state index is 5.13. The zero-order valence-corrected chi connectivity index (χ0v) is 29.4. The van der Waals surface area contributed by atoms with Gasteiger partial charge in [-0.1, -0.05) is 127 Å². The first-order valence-corrected chi connectivity index (χ1v) is 19.3. The molecule has 0 bridgehead atoms. The van der Waals surface area contributed by atoms with E-state index in [1.807, 2.05) is 40.9 Å². The van der Waals surface area contributed by atoms with Gasteiger partial charge in [-0.2, -0.15) is 0 Å². The summed E-state index contributed by atoms with van der Waals surface area (Å²) in [7, 11) is 0. The minimum absolute atomic E-state index is 0.669. The first kappa shape index (κ1) is 29.0. The maximum atomic E-state index is 5.13. The Kier molecular flexibility index (Phi) is 6.46. The number of thiophene rings is 3. The van der Waals surface area contributed by atoms with Gasteiger partial charge >= 0.3 is 0 Å². The monoisotopic (exact) mass is 703 g/mol. The molecule has 51 heavy (non-hydrogen) atoms. The summed E-state index contributed by atoms with van der Waals surface area (Å²) in [5.74, 6) is 2.01. The number of benzene rings is 7. The van der Waals surface area contributed by atoms with Crippen LogP contribution in [0.5, 0.6) is 0 Å². The van der Waals surface area contributed by atoms with Crippen molar-refractivity contribution in [3.05, 3.63) is 152 Å². The number of fused-ring (bicyclic) bond motifs is 9. The van der Waals surface area contributed by atoms with Gasteiger partial charge in [0.05, 0.1) is 0 Å². The SMILES string of the molecule is c1ccc(-c2nc(-c3ccc4c(c3)sc3ccccc34)nc(-c3ccc4c(c3)sc3c(-c5cccc6c5sc5ccccc56)cccc34)n2)cc1. The van der Waals surface area contributed by atoms with Crippen molar-refractivity contribution < 1.29 is 0 Å². The first-order chi connectivity index (χ1) is 25.2. The molecule has 0 saturated heterocycles. The molecule has 3 nitrogen and oxygen atoms in total. The lowest BCUT2D eigenvalue weighted by molar-refractivity contribution is 1.08. The van der Waals surface area contributed by atoms with Crippen LogP contribution in [0.25, 0.3) is 106 Å². The summed E-state index contributed by atoms with van der Waals surface area (Å²) >= 11 is 5.53. The van der Waals surface area contributed by atoms with Crippen LogP contribution in [0.2, 0.25) is 0 Å². The Morgan fingerprint density at radius 1 is 0.294 bits per heavy atom. The summed E-state index contributed by atoms with van der Waals surface area (Å²) in [5.41, 5.74) is 5.49. The van der Waals surface area contributed by atoms with Crippen molar-refractivity contribution in [1.82, 2.24) is 15.0 Å². The molecule has 0 radical (unpaired) electrons. The zero-order chi connectivity index (χ0) is 33.5. The average Bonchev–Trinajstić information content (AvgIpc) is 3.88. The molecule has 0 amide bonds. The minimum Gasteiger partial charge on any atom is -0.208 e. The van der Waals surface area contributed by atoms with Crippen LogP contribution in [0.3, 0.4) is 0 Å². The van der Waals surface area contributed by atoms with Crippen molar-refractivity contribution >= 4 is 94.5 Å². The van der Waals surface area contributed by atoms with E-state index in [0.717, 1.165) is 16.7 Å². The molecule has 0 aliphatic rings. The fourth-order valence-corrected chi connectivity index (χ4v) is 11.0. The molecule has 0 unspecified atom stereocenters. The summed E-state index contributed by atoms with van der Waals surface area (Å²) in [6.45, 7) is 0. The Morgan fingerprint density at radius 2 is 0.725 bits per heavy atom. The minimum atomic E-state index is 0.669. The number of hydrogen-bond acceptors (Lipinski definition) is 6. The van der Waals surface area contributed by atoms with Crippen molar-refractivity contribution in [2.75, 3.05) is 0 Å². The Labute approximate surface area is 304 Å². The van der Waals surface area contributed by atoms with E-state index >= 15 is 0 Å². The van der Waals surface area contributed by atoms with Crippen molar-refractivity contribution in [2.45, 2.75) is 0 Å². The van der Waals surface area contributed by atoms with Gasteiger partial charge in [0.15, 0.2) is 17.5 Å². The summed E-state index contributed by atoms with van der Waals surface area (Å²) in [6, 6.07) is 54.2. The van der Waals surface area contributed by atoms with E-state index in [1.54, 1.807) is 11.3 Å². The van der Waals surface area contributed by atoms with E-state index in [-0.39, 0.29) is 0 Å². The van der Waals surface area contributed by atoms with E-state index < -0.39 is 0 Å². The highest BCUT2D eigenvalue weighted by molar-refractivity contribution is 7.27. The lowest BCUT2D eigenvalue weighted by Crippen LogP contribution is -2.00. The zero-order valence-electron chi connectivity index (χ0n) is 27.0. The maximum Gasteiger partial charge on any atom is 0.164 e. The van der Waals surface area contributed by atoms with Gasteiger partial charge in [0.25, 0.3) is 0 Å². The third kappa shape index (κ3) is 4.65. The van der Waals surface area contributed by atoms with E-state index in [4.69, 9.17) is 15.0 Å². The topological polar surface area (TPSA) is 38.7 Å². The molecule has 0 N–H and O–H groups in total. The molecule has 0 saturated carbocycles. The Balaban J connectivity index is 1.07. The molecule has 11 rings (SSSR count). The Hall–Kier alpha value is -5.79. The highest BCUT2D eigenvalue weighted by Gasteiger charge is 2.18. The van der Waals surface area contributed by atoms with Crippen LogP contribution < -0.4 is 0 Å². The van der Waals surface area contributed by atoms with Crippen molar-refractivity contribution in [1.29, 1.82) is 0 Å². The summed E-state index contributed by atoms with van der Waals surface area (Å²) in [4.78, 5) is 15.2. The third-order valence-corrected chi connectivity index (χ3v) is 13.3. The first-order valence-electron chi connectivity index (χ1n) is 16.8. The Bertz CT molecular complexity index is 3150. The van der Waals surface area contributed by atoms with Crippen LogP contribution in [0.15, 0.2) is 152 Å². The molecule has 4 aromatic heterocycles. The molecule has 6 heteroatoms. The predicted molar refractivity (Wildman–Crippen MR) is 220 cm³/mol. The number of rotatable bonds is 4. The van der Waals surface area contributed by atoms with Crippen LogP contribution in [-0.4, -0.2) is 15.0 Å². The summed E-state index contributed by atoms with van der Waals surface area (Å²) in [6.07, 6.45) is 0. The van der Waals surface area contributed by atoms with E-state index in [2.05, 4.69) is 133 Å². The highest BCUT2D eigenvalue weighted by Crippen LogP contribution is 2.46. The molecule has 0 spiro atoms. The van der Waals surface area contributed by atoms with Gasteiger partial charge in [0.1, 0.15) is 0 Å². The molecule has 0 atom stereocenters.